The highest BCUT2D eigenvalue weighted by Gasteiger charge is 2.41. The number of amides is 1. The molecule has 0 aliphatic heterocycles. The molecule has 0 saturated heterocycles. The molecule has 0 spiro atoms. The molecule has 0 saturated carbocycles. The van der Waals surface area contributed by atoms with Gasteiger partial charge in [0.2, 0.25) is 0 Å². The van der Waals surface area contributed by atoms with Crippen LogP contribution in [-0.4, -0.2) is 37.5 Å². The molecule has 0 fully saturated rings. The molecule has 2 aromatic rings. The monoisotopic (exact) mass is 404 g/mol. The molecule has 0 aliphatic carbocycles. The standard InChI is InChI=1S/C16H16F4N4O4/c1-7-5-9(17)11(23-14(27)28-15(2,3)4)22-12(7)24-10(16(18,19)20)8(6-21-24)13(25)26/h5-6H,1-4H3,(H,25,26)(H,22,23,27). The second-order valence-corrected chi connectivity index (χ2v) is 6.71. The molecule has 2 rings (SSSR count). The topological polar surface area (TPSA) is 106 Å². The number of pyridine rings is 1. The molecule has 0 bridgehead atoms. The Labute approximate surface area is 156 Å². The fourth-order valence-corrected chi connectivity index (χ4v) is 2.21. The Balaban J connectivity index is 2.57. The van der Waals surface area contributed by atoms with Crippen molar-refractivity contribution in [2.75, 3.05) is 5.32 Å². The van der Waals surface area contributed by atoms with Crippen LogP contribution in [0, 0.1) is 12.7 Å². The van der Waals surface area contributed by atoms with Gasteiger partial charge in [-0.25, -0.2) is 23.6 Å². The molecule has 2 N–H and O–H groups in total. The lowest BCUT2D eigenvalue weighted by atomic mass is 10.2. The van der Waals surface area contributed by atoms with E-state index in [0.29, 0.717) is 6.20 Å². The number of ether oxygens (including phenoxy) is 1. The van der Waals surface area contributed by atoms with E-state index in [1.807, 2.05) is 5.32 Å². The van der Waals surface area contributed by atoms with Crippen molar-refractivity contribution in [2.24, 2.45) is 0 Å². The number of aromatic carboxylic acids is 1. The smallest absolute Gasteiger partial charge is 0.434 e. The van der Waals surface area contributed by atoms with Crippen molar-refractivity contribution < 1.29 is 37.0 Å². The molecule has 0 atom stereocenters. The van der Waals surface area contributed by atoms with E-state index >= 15 is 0 Å². The van der Waals surface area contributed by atoms with Gasteiger partial charge in [0.25, 0.3) is 0 Å². The zero-order valence-electron chi connectivity index (χ0n) is 15.2. The number of carbonyl (C=O) groups is 2. The number of nitrogens with zero attached hydrogens (tertiary/aromatic N) is 3. The molecule has 0 unspecified atom stereocenters. The predicted octanol–water partition coefficient (Wildman–Crippen LogP) is 3.78. The van der Waals surface area contributed by atoms with Crippen LogP contribution in [0.1, 0.15) is 42.4 Å². The third-order valence-corrected chi connectivity index (χ3v) is 3.23. The summed E-state index contributed by atoms with van der Waals surface area (Å²) in [6, 6.07) is 0.831. The van der Waals surface area contributed by atoms with E-state index < -0.39 is 52.6 Å². The number of carboxylic acids is 1. The van der Waals surface area contributed by atoms with Crippen molar-refractivity contribution in [3.8, 4) is 5.82 Å². The number of nitrogens with one attached hydrogen (secondary N) is 1. The van der Waals surface area contributed by atoms with Crippen LogP contribution < -0.4 is 5.32 Å². The summed E-state index contributed by atoms with van der Waals surface area (Å²) in [5.74, 6) is -4.07. The van der Waals surface area contributed by atoms with E-state index in [0.717, 1.165) is 6.07 Å². The second kappa shape index (κ2) is 7.09. The molecule has 28 heavy (non-hydrogen) atoms. The minimum Gasteiger partial charge on any atom is -0.478 e. The van der Waals surface area contributed by atoms with Crippen LogP contribution in [0.25, 0.3) is 5.82 Å². The number of halogens is 4. The van der Waals surface area contributed by atoms with Gasteiger partial charge in [-0.3, -0.25) is 5.32 Å². The van der Waals surface area contributed by atoms with Gasteiger partial charge in [-0.15, -0.1) is 0 Å². The maximum Gasteiger partial charge on any atom is 0.434 e. The third-order valence-electron chi connectivity index (χ3n) is 3.23. The summed E-state index contributed by atoms with van der Waals surface area (Å²) in [4.78, 5) is 26.6. The van der Waals surface area contributed by atoms with Crippen LogP contribution in [0.4, 0.5) is 28.2 Å². The molecule has 152 valence electrons. The highest BCUT2D eigenvalue weighted by Crippen LogP contribution is 2.34. The molecular formula is C16H16F4N4O4. The normalized spacial score (nSPS) is 12.0. The Morgan fingerprint density at radius 1 is 1.25 bits per heavy atom. The Kier molecular flexibility index (Phi) is 5.35. The van der Waals surface area contributed by atoms with Crippen LogP contribution in [0.5, 0.6) is 0 Å². The van der Waals surface area contributed by atoms with Gasteiger partial charge < -0.3 is 9.84 Å². The molecule has 8 nitrogen and oxygen atoms in total. The highest BCUT2D eigenvalue weighted by atomic mass is 19.4. The van der Waals surface area contributed by atoms with Gasteiger partial charge in [0.15, 0.2) is 23.1 Å². The second-order valence-electron chi connectivity index (χ2n) is 6.71. The summed E-state index contributed by atoms with van der Waals surface area (Å²) in [6.45, 7) is 5.93. The largest absolute Gasteiger partial charge is 0.478 e. The fraction of sp³-hybridized carbons (Fsp3) is 0.375. The Morgan fingerprint density at radius 3 is 2.36 bits per heavy atom. The van der Waals surface area contributed by atoms with Crippen LogP contribution in [0.3, 0.4) is 0 Å². The van der Waals surface area contributed by atoms with Gasteiger partial charge in [0.05, 0.1) is 6.20 Å². The van der Waals surface area contributed by atoms with Crippen LogP contribution in [0.15, 0.2) is 12.3 Å². The van der Waals surface area contributed by atoms with E-state index in [-0.39, 0.29) is 10.2 Å². The fourth-order valence-electron chi connectivity index (χ4n) is 2.21. The first-order valence-electron chi connectivity index (χ1n) is 7.76. The van der Waals surface area contributed by atoms with E-state index in [1.165, 1.54) is 6.92 Å². The van der Waals surface area contributed by atoms with E-state index in [2.05, 4.69) is 10.1 Å². The van der Waals surface area contributed by atoms with Gasteiger partial charge in [-0.2, -0.15) is 18.3 Å². The Bertz CT molecular complexity index is 932. The molecule has 0 aliphatic rings. The number of rotatable bonds is 3. The van der Waals surface area contributed by atoms with Crippen molar-refractivity contribution in [1.82, 2.24) is 14.8 Å². The zero-order chi connectivity index (χ0) is 21.4. The van der Waals surface area contributed by atoms with Gasteiger partial charge in [0, 0.05) is 0 Å². The number of carbonyl (C=O) groups excluding carboxylic acids is 1. The van der Waals surface area contributed by atoms with Gasteiger partial charge in [-0.1, -0.05) is 0 Å². The molecule has 0 aromatic carbocycles. The molecule has 2 aromatic heterocycles. The number of aromatic nitrogens is 3. The van der Waals surface area contributed by atoms with Crippen LogP contribution in [-0.2, 0) is 10.9 Å². The van der Waals surface area contributed by atoms with Gasteiger partial charge >= 0.3 is 18.2 Å². The summed E-state index contributed by atoms with van der Waals surface area (Å²) in [5, 5.41) is 14.4. The van der Waals surface area contributed by atoms with Gasteiger partial charge in [0.1, 0.15) is 11.2 Å². The number of carboxylic acid groups (broad SMARTS) is 1. The summed E-state index contributed by atoms with van der Waals surface area (Å²) in [5.41, 5.74) is -3.67. The summed E-state index contributed by atoms with van der Waals surface area (Å²) in [6.07, 6.45) is -5.64. The van der Waals surface area contributed by atoms with Gasteiger partial charge in [-0.05, 0) is 39.3 Å². The lowest BCUT2D eigenvalue weighted by Gasteiger charge is -2.20. The van der Waals surface area contributed by atoms with Crippen LogP contribution >= 0.6 is 0 Å². The summed E-state index contributed by atoms with van der Waals surface area (Å²) in [7, 11) is 0. The van der Waals surface area contributed by atoms with Crippen molar-refractivity contribution in [2.45, 2.75) is 39.5 Å². The molecule has 1 amide bonds. The summed E-state index contributed by atoms with van der Waals surface area (Å²) >= 11 is 0. The SMILES string of the molecule is Cc1cc(F)c(NC(=O)OC(C)(C)C)nc1-n1ncc(C(=O)O)c1C(F)(F)F. The minimum atomic E-state index is -5.08. The average Bonchev–Trinajstić information content (AvgIpc) is 2.93. The van der Waals surface area contributed by atoms with Crippen molar-refractivity contribution >= 4 is 17.9 Å². The van der Waals surface area contributed by atoms with Crippen molar-refractivity contribution in [3.63, 3.8) is 0 Å². The first-order valence-corrected chi connectivity index (χ1v) is 7.76. The number of hydrogen-bond acceptors (Lipinski definition) is 5. The van der Waals surface area contributed by atoms with Crippen molar-refractivity contribution in [1.29, 1.82) is 0 Å². The van der Waals surface area contributed by atoms with E-state index in [1.54, 1.807) is 20.8 Å². The molecule has 12 heteroatoms. The molecule has 0 radical (unpaired) electrons. The quantitative estimate of drug-likeness (QED) is 0.754. The lowest BCUT2D eigenvalue weighted by Crippen LogP contribution is -2.28. The predicted molar refractivity (Wildman–Crippen MR) is 87.9 cm³/mol. The van der Waals surface area contributed by atoms with Crippen molar-refractivity contribution in [3.05, 3.63) is 34.9 Å². The first-order chi connectivity index (χ1) is 12.7. The van der Waals surface area contributed by atoms with Crippen LogP contribution in [0.2, 0.25) is 0 Å². The molecule has 2 heterocycles. The van der Waals surface area contributed by atoms with E-state index in [4.69, 9.17) is 9.84 Å². The average molecular weight is 404 g/mol. The van der Waals surface area contributed by atoms with E-state index in [9.17, 15) is 27.2 Å². The number of hydrogen-bond donors (Lipinski definition) is 2. The first kappa shape index (κ1) is 21.1. The Hall–Kier alpha value is -3.18. The maximum atomic E-state index is 14.1. The highest BCUT2D eigenvalue weighted by molar-refractivity contribution is 5.89. The number of alkyl halides is 3. The number of aryl methyl sites for hydroxylation is 1. The summed E-state index contributed by atoms with van der Waals surface area (Å²) < 4.78 is 59.5. The Morgan fingerprint density at radius 2 is 1.86 bits per heavy atom. The lowest BCUT2D eigenvalue weighted by molar-refractivity contribution is -0.143. The molecular weight excluding hydrogens is 388 g/mol. The third kappa shape index (κ3) is 4.56. The maximum absolute atomic E-state index is 14.1. The minimum absolute atomic E-state index is 0.0715. The number of anilines is 1. The zero-order valence-corrected chi connectivity index (χ0v) is 15.2.